The number of carbonyl (C=O) groups is 2. The molecule has 1 aliphatic rings. The summed E-state index contributed by atoms with van der Waals surface area (Å²) < 4.78 is 52.5. The summed E-state index contributed by atoms with van der Waals surface area (Å²) in [6, 6.07) is 2.74. The van der Waals surface area contributed by atoms with Gasteiger partial charge in [0.15, 0.2) is 0 Å². The summed E-state index contributed by atoms with van der Waals surface area (Å²) in [7, 11) is 0. The molecule has 2 heterocycles. The number of nitrogens with zero attached hydrogens (tertiary/aromatic N) is 3. The zero-order valence-corrected chi connectivity index (χ0v) is 29.2. The van der Waals surface area contributed by atoms with E-state index in [2.05, 4.69) is 10.3 Å². The molecule has 0 bridgehead atoms. The lowest BCUT2D eigenvalue weighted by atomic mass is 9.88. The van der Waals surface area contributed by atoms with E-state index in [0.717, 1.165) is 22.3 Å². The molecular weight excluding hydrogens is 621 g/mol. The minimum atomic E-state index is -1.44. The highest BCUT2D eigenvalue weighted by atomic mass is 19.1. The predicted octanol–water partition coefficient (Wildman–Crippen LogP) is 6.32. The molecular formula is C37H47F3N4O4. The Balaban J connectivity index is 1.78. The minimum Gasteiger partial charge on any atom is -0.466 e. The standard InChI is InChI=1S/C37H47F3N4O4/c1-9-48-31(45)16-29(33-34(39)24(7)15-28(35(33)40)32-22(5)13-21(4)14-23(32)6)42-36(46)30(12-20(2)3)44-17-26(25(8)41-37(44)47)10-11-43-18-27(38)19-43/h13-15,17,20,27,29-30H,9-12,16,18-19H2,1-8H3,(H,42,46)/t29-,30-/m0/s1. The molecule has 1 amide bonds. The summed E-state index contributed by atoms with van der Waals surface area (Å²) in [6.45, 7) is 15.6. The summed E-state index contributed by atoms with van der Waals surface area (Å²) in [6.07, 6.45) is 0.925. The number of rotatable bonds is 13. The van der Waals surface area contributed by atoms with Gasteiger partial charge in [-0.2, -0.15) is 4.98 Å². The van der Waals surface area contributed by atoms with Gasteiger partial charge in [-0.25, -0.2) is 18.0 Å². The highest BCUT2D eigenvalue weighted by molar-refractivity contribution is 5.82. The van der Waals surface area contributed by atoms with Gasteiger partial charge in [0.2, 0.25) is 5.91 Å². The fourth-order valence-corrected chi connectivity index (χ4v) is 6.59. The largest absolute Gasteiger partial charge is 0.466 e. The molecule has 1 aromatic heterocycles. The quantitative estimate of drug-likeness (QED) is 0.214. The van der Waals surface area contributed by atoms with Crippen LogP contribution in [0.5, 0.6) is 0 Å². The Bertz CT molecular complexity index is 1710. The van der Waals surface area contributed by atoms with E-state index < -0.39 is 59.4 Å². The molecule has 2 atom stereocenters. The maximum Gasteiger partial charge on any atom is 0.348 e. The second kappa shape index (κ2) is 15.5. The number of likely N-dealkylation sites (tertiary alicyclic amines) is 1. The van der Waals surface area contributed by atoms with Crippen molar-refractivity contribution in [2.24, 2.45) is 5.92 Å². The third-order valence-electron chi connectivity index (χ3n) is 8.89. The molecule has 0 unspecified atom stereocenters. The fraction of sp³-hybridized carbons (Fsp3) is 0.514. The van der Waals surface area contributed by atoms with Crippen molar-refractivity contribution in [2.45, 2.75) is 92.9 Å². The molecule has 4 rings (SSSR count). The van der Waals surface area contributed by atoms with Gasteiger partial charge in [0.05, 0.1) is 19.1 Å². The molecule has 3 aromatic rings. The van der Waals surface area contributed by atoms with E-state index in [-0.39, 0.29) is 30.1 Å². The summed E-state index contributed by atoms with van der Waals surface area (Å²) in [4.78, 5) is 46.4. The number of carbonyl (C=O) groups excluding carboxylic acids is 2. The van der Waals surface area contributed by atoms with E-state index in [1.807, 2.05) is 51.7 Å². The number of halogens is 3. The molecule has 8 nitrogen and oxygen atoms in total. The van der Waals surface area contributed by atoms with Gasteiger partial charge < -0.3 is 10.1 Å². The van der Waals surface area contributed by atoms with Gasteiger partial charge in [-0.3, -0.25) is 19.1 Å². The van der Waals surface area contributed by atoms with Gasteiger partial charge in [-0.05, 0) is 94.2 Å². The van der Waals surface area contributed by atoms with Crippen LogP contribution >= 0.6 is 0 Å². The molecule has 0 aliphatic carbocycles. The van der Waals surface area contributed by atoms with E-state index >= 15 is 8.78 Å². The zero-order chi connectivity index (χ0) is 35.4. The zero-order valence-electron chi connectivity index (χ0n) is 29.2. The van der Waals surface area contributed by atoms with Crippen molar-refractivity contribution >= 4 is 11.9 Å². The summed E-state index contributed by atoms with van der Waals surface area (Å²) in [5.41, 5.74) is 3.64. The Morgan fingerprint density at radius 3 is 2.25 bits per heavy atom. The summed E-state index contributed by atoms with van der Waals surface area (Å²) in [5, 5.41) is 2.73. The average Bonchev–Trinajstić information content (AvgIpc) is 2.96. The van der Waals surface area contributed by atoms with E-state index in [0.29, 0.717) is 37.3 Å². The van der Waals surface area contributed by atoms with Gasteiger partial charge in [-0.1, -0.05) is 31.5 Å². The molecule has 0 radical (unpaired) electrons. The van der Waals surface area contributed by atoms with Crippen molar-refractivity contribution in [1.29, 1.82) is 0 Å². The molecule has 0 spiro atoms. The highest BCUT2D eigenvalue weighted by Gasteiger charge is 2.33. The number of aromatic nitrogens is 2. The molecule has 2 aromatic carbocycles. The predicted molar refractivity (Wildman–Crippen MR) is 180 cm³/mol. The molecule has 1 fully saturated rings. The third-order valence-corrected chi connectivity index (χ3v) is 8.89. The molecule has 48 heavy (non-hydrogen) atoms. The van der Waals surface area contributed by atoms with Crippen LogP contribution in [-0.4, -0.2) is 58.7 Å². The fourth-order valence-electron chi connectivity index (χ4n) is 6.59. The molecule has 1 N–H and O–H groups in total. The van der Waals surface area contributed by atoms with Crippen LogP contribution in [-0.2, 0) is 20.7 Å². The van der Waals surface area contributed by atoms with Crippen molar-refractivity contribution in [2.75, 3.05) is 26.2 Å². The van der Waals surface area contributed by atoms with Crippen LogP contribution in [0.25, 0.3) is 11.1 Å². The first kappa shape index (κ1) is 36.8. The Kier molecular flexibility index (Phi) is 11.9. The normalized spacial score (nSPS) is 14.9. The van der Waals surface area contributed by atoms with E-state index in [1.165, 1.54) is 17.6 Å². The number of benzene rings is 2. The summed E-state index contributed by atoms with van der Waals surface area (Å²) >= 11 is 0. The number of ether oxygens (including phenoxy) is 1. The van der Waals surface area contributed by atoms with Crippen molar-refractivity contribution in [3.63, 3.8) is 0 Å². The van der Waals surface area contributed by atoms with Crippen molar-refractivity contribution < 1.29 is 27.5 Å². The van der Waals surface area contributed by atoms with E-state index in [9.17, 15) is 18.8 Å². The topological polar surface area (TPSA) is 93.5 Å². The van der Waals surface area contributed by atoms with Crippen LogP contribution in [0, 0.1) is 52.2 Å². The van der Waals surface area contributed by atoms with Crippen LogP contribution in [0.4, 0.5) is 13.2 Å². The first-order chi connectivity index (χ1) is 22.6. The molecule has 1 saturated heterocycles. The lowest BCUT2D eigenvalue weighted by Gasteiger charge is -2.34. The molecule has 0 saturated carbocycles. The number of alkyl halides is 1. The second-order valence-corrected chi connectivity index (χ2v) is 13.4. The van der Waals surface area contributed by atoms with Gasteiger partial charge in [0, 0.05) is 42.7 Å². The molecule has 260 valence electrons. The molecule has 11 heteroatoms. The maximum absolute atomic E-state index is 16.7. The highest BCUT2D eigenvalue weighted by Crippen LogP contribution is 2.37. The Hall–Kier alpha value is -3.99. The third kappa shape index (κ3) is 8.35. The number of amides is 1. The monoisotopic (exact) mass is 668 g/mol. The van der Waals surface area contributed by atoms with Crippen LogP contribution in [0.2, 0.25) is 0 Å². The number of nitrogens with one attached hydrogen (secondary N) is 1. The Labute approximate surface area is 280 Å². The molecule has 1 aliphatic heterocycles. The number of hydrogen-bond acceptors (Lipinski definition) is 6. The average molecular weight is 669 g/mol. The minimum absolute atomic E-state index is 0.0396. The number of hydrogen-bond donors (Lipinski definition) is 1. The van der Waals surface area contributed by atoms with Crippen LogP contribution in [0.3, 0.4) is 0 Å². The van der Waals surface area contributed by atoms with Gasteiger partial charge in [0.1, 0.15) is 23.8 Å². The lowest BCUT2D eigenvalue weighted by Crippen LogP contribution is -2.49. The first-order valence-electron chi connectivity index (χ1n) is 16.6. The summed E-state index contributed by atoms with van der Waals surface area (Å²) in [5.74, 6) is -3.27. The van der Waals surface area contributed by atoms with Gasteiger partial charge >= 0.3 is 11.7 Å². The van der Waals surface area contributed by atoms with Crippen LogP contribution in [0.15, 0.2) is 29.2 Å². The van der Waals surface area contributed by atoms with Crippen LogP contribution < -0.4 is 11.0 Å². The maximum atomic E-state index is 16.7. The van der Waals surface area contributed by atoms with E-state index in [4.69, 9.17) is 4.74 Å². The Morgan fingerprint density at radius 2 is 1.67 bits per heavy atom. The van der Waals surface area contributed by atoms with Gasteiger partial charge in [-0.15, -0.1) is 0 Å². The smallest absolute Gasteiger partial charge is 0.348 e. The first-order valence-corrected chi connectivity index (χ1v) is 16.6. The van der Waals surface area contributed by atoms with Crippen LogP contribution in [0.1, 0.15) is 84.8 Å². The lowest BCUT2D eigenvalue weighted by molar-refractivity contribution is -0.144. The van der Waals surface area contributed by atoms with E-state index in [1.54, 1.807) is 20.0 Å². The number of esters is 1. The SMILES string of the molecule is CCOC(=O)C[C@H](NC(=O)[C@H](CC(C)C)n1cc(CCN2CC(F)C2)c(C)nc1=O)c1c(F)c(C)cc(-c2c(C)cc(C)cc2C)c1F. The van der Waals surface area contributed by atoms with Crippen molar-refractivity contribution in [1.82, 2.24) is 19.8 Å². The second-order valence-electron chi connectivity index (χ2n) is 13.4. The van der Waals surface area contributed by atoms with Gasteiger partial charge in [0.25, 0.3) is 0 Å². The van der Waals surface area contributed by atoms with Crippen molar-refractivity contribution in [3.05, 3.63) is 85.6 Å². The number of aryl methyl sites for hydroxylation is 5. The van der Waals surface area contributed by atoms with Crippen molar-refractivity contribution in [3.8, 4) is 11.1 Å². The Morgan fingerprint density at radius 1 is 1.02 bits per heavy atom.